The second-order valence-corrected chi connectivity index (χ2v) is 31.3. The summed E-state index contributed by atoms with van der Waals surface area (Å²) in [7, 11) is 0. The minimum absolute atomic E-state index is 0.592. The smallest absolute Gasteiger partial charge is 0.166 e. The zero-order valence-electron chi connectivity index (χ0n) is 63.8. The van der Waals surface area contributed by atoms with Gasteiger partial charge in [0.25, 0.3) is 0 Å². The Morgan fingerprint density at radius 1 is 0.202 bits per heavy atom. The van der Waals surface area contributed by atoms with Gasteiger partial charge in [0, 0.05) is 97.0 Å². The summed E-state index contributed by atoms with van der Waals surface area (Å²) < 4.78 is 20.8. The Morgan fingerprint density at radius 2 is 0.529 bits per heavy atom. The standard InChI is InChI=1S/C57H34N4O.C51H30N4OS/c1-3-16-35(17-4-1)38-26-15-27-47-52-51(62-54(38)47)33-32-45-44-24-11-13-28-49(44)61(53(45)52)50-29-14-12-25-46(50)57-59-55(36-18-5-2-6-19-36)58-56(60-57)37-30-31-43-41-22-8-7-20-39(41)40-21-9-10-23-42(40)48(43)34-37;1-3-14-31(15-4-1)34-21-13-22-40-46-43(56-48(34)40)29-28-38-35-18-7-10-23-41(35)55(47(38)46)42-24-11-8-20-39(42)51-53-49(32-16-5-2-6-17-32)52-50(54-51)33-26-27-37-36-19-9-12-25-44(36)57-45(37)30-33/h1-34H;1-30H. The average Bonchev–Trinajstić information content (AvgIpc) is 1.56. The molecule has 0 unspecified atom stereocenters. The average molecular weight is 1540 g/mol. The van der Waals surface area contributed by atoms with E-state index < -0.39 is 0 Å². The van der Waals surface area contributed by atoms with E-state index in [0.717, 1.165) is 160 Å². The van der Waals surface area contributed by atoms with Gasteiger partial charge in [-0.2, -0.15) is 0 Å². The lowest BCUT2D eigenvalue weighted by Gasteiger charge is -2.15. The van der Waals surface area contributed by atoms with Gasteiger partial charge in [-0.05, 0) is 122 Å². The van der Waals surface area contributed by atoms with Gasteiger partial charge < -0.3 is 18.0 Å². The van der Waals surface area contributed by atoms with Crippen LogP contribution >= 0.6 is 11.3 Å². The normalized spacial score (nSPS) is 11.9. The first-order valence-electron chi connectivity index (χ1n) is 40.0. The highest BCUT2D eigenvalue weighted by molar-refractivity contribution is 7.25. The van der Waals surface area contributed by atoms with E-state index >= 15 is 0 Å². The highest BCUT2D eigenvalue weighted by atomic mass is 32.1. The molecule has 25 aromatic rings. The Balaban J connectivity index is 0.000000136. The SMILES string of the molecule is c1ccc(-c2nc(-c3ccc4c(c3)sc3ccccc34)nc(-c3ccccc3-n3c4ccccc4c4ccc5oc6c(-c7ccccc7)cccc6c5c43)n2)cc1.c1ccc(-c2nc(-c3ccc4c5ccccc5c5ccccc5c4c3)nc(-c3ccccc3-n3c4ccccc4c4ccc5oc6c(-c7ccccc7)cccc6c5c43)n2)cc1. The Morgan fingerprint density at radius 3 is 1.01 bits per heavy atom. The van der Waals surface area contributed by atoms with Crippen LogP contribution in [0.1, 0.15) is 0 Å². The fraction of sp³-hybridized carbons (Fsp3) is 0. The van der Waals surface area contributed by atoms with Crippen molar-refractivity contribution >= 4 is 151 Å². The molecule has 0 N–H and O–H groups in total. The maximum Gasteiger partial charge on any atom is 0.166 e. The summed E-state index contributed by atoms with van der Waals surface area (Å²) in [6, 6.07) is 136. The predicted octanol–water partition coefficient (Wildman–Crippen LogP) is 28.9. The zero-order chi connectivity index (χ0) is 78.2. The van der Waals surface area contributed by atoms with Crippen LogP contribution in [0.3, 0.4) is 0 Å². The molecule has 0 bridgehead atoms. The van der Waals surface area contributed by atoms with E-state index in [1.165, 1.54) is 47.1 Å². The zero-order valence-corrected chi connectivity index (χ0v) is 64.6. The van der Waals surface area contributed by atoms with Crippen molar-refractivity contribution in [3.63, 3.8) is 0 Å². The van der Waals surface area contributed by atoms with Gasteiger partial charge in [0.1, 0.15) is 22.3 Å². The van der Waals surface area contributed by atoms with E-state index in [9.17, 15) is 0 Å². The van der Waals surface area contributed by atoms with Crippen molar-refractivity contribution in [2.75, 3.05) is 0 Å². The van der Waals surface area contributed by atoms with Crippen LogP contribution in [-0.4, -0.2) is 39.0 Å². The molecule has 0 aliphatic rings. The Labute approximate surface area is 684 Å². The van der Waals surface area contributed by atoms with Crippen molar-refractivity contribution in [3.05, 3.63) is 388 Å². The fourth-order valence-corrected chi connectivity index (χ4v) is 19.3. The van der Waals surface area contributed by atoms with Crippen LogP contribution in [0.25, 0.3) is 242 Å². The van der Waals surface area contributed by atoms with E-state index in [0.29, 0.717) is 34.9 Å². The molecule has 7 aromatic heterocycles. The van der Waals surface area contributed by atoms with Crippen molar-refractivity contribution in [3.8, 4) is 102 Å². The maximum atomic E-state index is 6.81. The lowest BCUT2D eigenvalue weighted by molar-refractivity contribution is 0.670. The topological polar surface area (TPSA) is 113 Å². The van der Waals surface area contributed by atoms with Crippen molar-refractivity contribution < 1.29 is 8.83 Å². The third kappa shape index (κ3) is 11.0. The number of nitrogens with zero attached hydrogens (tertiary/aromatic N) is 8. The molecular weight excluding hydrogens is 1470 g/mol. The predicted molar refractivity (Wildman–Crippen MR) is 492 cm³/mol. The molecule has 0 aliphatic carbocycles. The van der Waals surface area contributed by atoms with Gasteiger partial charge >= 0.3 is 0 Å². The molecule has 18 aromatic carbocycles. The number of para-hydroxylation sites is 6. The summed E-state index contributed by atoms with van der Waals surface area (Å²) in [5.41, 5.74) is 19.6. The van der Waals surface area contributed by atoms with Crippen molar-refractivity contribution in [1.82, 2.24) is 39.0 Å². The molecule has 0 amide bonds. The number of thiophene rings is 1. The van der Waals surface area contributed by atoms with Crippen LogP contribution in [0.4, 0.5) is 0 Å². The summed E-state index contributed by atoms with van der Waals surface area (Å²) in [4.78, 5) is 31.5. The van der Waals surface area contributed by atoms with Crippen LogP contribution in [-0.2, 0) is 0 Å². The summed E-state index contributed by atoms with van der Waals surface area (Å²) >= 11 is 1.79. The Hall–Kier alpha value is -15.8. The molecule has 0 aliphatic heterocycles. The number of rotatable bonds is 10. The molecule has 0 atom stereocenters. The fourth-order valence-electron chi connectivity index (χ4n) is 18.2. The van der Waals surface area contributed by atoms with Gasteiger partial charge in [-0.25, -0.2) is 29.9 Å². The van der Waals surface area contributed by atoms with Gasteiger partial charge in [-0.15, -0.1) is 11.3 Å². The molecular formula is C108H64N8O2S. The highest BCUT2D eigenvalue weighted by Gasteiger charge is 2.27. The summed E-state index contributed by atoms with van der Waals surface area (Å²) in [5, 5.41) is 18.7. The van der Waals surface area contributed by atoms with Crippen molar-refractivity contribution in [2.45, 2.75) is 0 Å². The lowest BCUT2D eigenvalue weighted by atomic mass is 9.93. The van der Waals surface area contributed by atoms with Crippen molar-refractivity contribution in [2.24, 2.45) is 0 Å². The first-order chi connectivity index (χ1) is 59.0. The van der Waals surface area contributed by atoms with Crippen LogP contribution in [0.2, 0.25) is 0 Å². The van der Waals surface area contributed by atoms with Gasteiger partial charge in [0.2, 0.25) is 0 Å². The first-order valence-corrected chi connectivity index (χ1v) is 40.8. The molecule has 0 saturated heterocycles. The minimum atomic E-state index is 0.592. The largest absolute Gasteiger partial charge is 0.455 e. The van der Waals surface area contributed by atoms with Gasteiger partial charge in [-0.3, -0.25) is 0 Å². The molecule has 11 heteroatoms. The molecule has 10 nitrogen and oxygen atoms in total. The monoisotopic (exact) mass is 1540 g/mol. The third-order valence-electron chi connectivity index (χ3n) is 23.5. The summed E-state index contributed by atoms with van der Waals surface area (Å²) in [6.45, 7) is 0. The quantitative estimate of drug-likeness (QED) is 0.124. The number of hydrogen-bond acceptors (Lipinski definition) is 9. The molecule has 0 saturated carbocycles. The van der Waals surface area contributed by atoms with E-state index in [1.807, 2.05) is 48.5 Å². The Bertz CT molecular complexity index is 8400. The van der Waals surface area contributed by atoms with Crippen LogP contribution in [0.5, 0.6) is 0 Å². The van der Waals surface area contributed by atoms with E-state index in [-0.39, 0.29) is 0 Å². The van der Waals surface area contributed by atoms with Crippen LogP contribution in [0, 0.1) is 0 Å². The first kappa shape index (κ1) is 67.7. The van der Waals surface area contributed by atoms with E-state index in [2.05, 4.69) is 349 Å². The number of benzene rings is 18. The lowest BCUT2D eigenvalue weighted by Crippen LogP contribution is -2.03. The molecule has 0 spiro atoms. The second kappa shape index (κ2) is 27.5. The number of fused-ring (bicyclic) bond motifs is 23. The van der Waals surface area contributed by atoms with E-state index in [1.54, 1.807) is 11.3 Å². The van der Waals surface area contributed by atoms with E-state index in [4.69, 9.17) is 38.7 Å². The van der Waals surface area contributed by atoms with Crippen molar-refractivity contribution in [1.29, 1.82) is 0 Å². The number of furan rings is 2. The molecule has 0 fully saturated rings. The van der Waals surface area contributed by atoms with Gasteiger partial charge in [0.15, 0.2) is 34.9 Å². The van der Waals surface area contributed by atoms with Gasteiger partial charge in [0.05, 0.1) is 44.2 Å². The van der Waals surface area contributed by atoms with Crippen LogP contribution in [0.15, 0.2) is 397 Å². The van der Waals surface area contributed by atoms with Crippen LogP contribution < -0.4 is 0 Å². The number of aromatic nitrogens is 8. The third-order valence-corrected chi connectivity index (χ3v) is 24.6. The van der Waals surface area contributed by atoms with Gasteiger partial charge in [-0.1, -0.05) is 309 Å². The molecule has 119 heavy (non-hydrogen) atoms. The maximum absolute atomic E-state index is 6.81. The minimum Gasteiger partial charge on any atom is -0.455 e. The molecule has 25 rings (SSSR count). The highest BCUT2D eigenvalue weighted by Crippen LogP contribution is 2.49. The molecule has 0 radical (unpaired) electrons. The molecule has 554 valence electrons. The summed E-state index contributed by atoms with van der Waals surface area (Å²) in [6.07, 6.45) is 0. The summed E-state index contributed by atoms with van der Waals surface area (Å²) in [5.74, 6) is 3.68. The second-order valence-electron chi connectivity index (χ2n) is 30.2. The molecule has 7 heterocycles. The Kier molecular flexibility index (Phi) is 15.6. The number of hydrogen-bond donors (Lipinski definition) is 0.